The van der Waals surface area contributed by atoms with Gasteiger partial charge < -0.3 is 13.7 Å². The normalized spacial score (nSPS) is 13.8. The van der Waals surface area contributed by atoms with Crippen LogP contribution >= 0.6 is 11.3 Å². The number of benzene rings is 1. The first-order valence-corrected chi connectivity index (χ1v) is 8.34. The van der Waals surface area contributed by atoms with Crippen molar-refractivity contribution >= 4 is 27.1 Å². The highest BCUT2D eigenvalue weighted by atomic mass is 32.2. The van der Waals surface area contributed by atoms with Crippen molar-refractivity contribution in [2.75, 3.05) is 6.79 Å². The molecule has 0 fully saturated rings. The second-order valence-corrected chi connectivity index (χ2v) is 6.51. The molecule has 2 aromatic rings. The molecule has 0 unspecified atom stereocenters. The van der Waals surface area contributed by atoms with Crippen molar-refractivity contribution in [1.29, 1.82) is 0 Å². The second kappa shape index (κ2) is 5.85. The van der Waals surface area contributed by atoms with E-state index in [1.165, 1.54) is 23.6 Å². The average molecular weight is 356 g/mol. The Morgan fingerprint density at radius 1 is 1.39 bits per heavy atom. The number of nitro groups is 1. The number of hydrogen-bond donors (Lipinski definition) is 0. The van der Waals surface area contributed by atoms with Crippen LogP contribution in [-0.4, -0.2) is 25.1 Å². The fraction of sp³-hybridized carbons (Fsp3) is 0.0833. The van der Waals surface area contributed by atoms with Gasteiger partial charge in [0.2, 0.25) is 6.79 Å². The summed E-state index contributed by atoms with van der Waals surface area (Å²) in [6.07, 6.45) is 0.935. The molecule has 0 atom stereocenters. The van der Waals surface area contributed by atoms with Crippen molar-refractivity contribution < 1.29 is 27.0 Å². The molecule has 0 N–H and O–H groups in total. The molecule has 11 heteroatoms. The zero-order chi connectivity index (χ0) is 16.4. The maximum absolute atomic E-state index is 11.9. The first kappa shape index (κ1) is 15.2. The number of nitrogens with zero attached hydrogens (tertiary/aromatic N) is 2. The number of rotatable bonds is 5. The molecular formula is C12H8N2O7S2. The van der Waals surface area contributed by atoms with Gasteiger partial charge in [-0.3, -0.25) is 10.1 Å². The number of nitro benzene ring substituents is 1. The predicted octanol–water partition coefficient (Wildman–Crippen LogP) is 2.23. The lowest BCUT2D eigenvalue weighted by Crippen LogP contribution is -2.12. The van der Waals surface area contributed by atoms with Crippen LogP contribution in [0.3, 0.4) is 0 Å². The van der Waals surface area contributed by atoms with Gasteiger partial charge >= 0.3 is 10.1 Å². The van der Waals surface area contributed by atoms with E-state index in [4.69, 9.17) is 8.92 Å². The third-order valence-corrected chi connectivity index (χ3v) is 4.62. The van der Waals surface area contributed by atoms with Crippen molar-refractivity contribution in [3.63, 3.8) is 0 Å². The van der Waals surface area contributed by atoms with Gasteiger partial charge in [0.05, 0.1) is 10.6 Å². The summed E-state index contributed by atoms with van der Waals surface area (Å²) in [5, 5.41) is 11.7. The minimum Gasteiger partial charge on any atom is -0.460 e. The van der Waals surface area contributed by atoms with Gasteiger partial charge in [0.1, 0.15) is 6.26 Å². The molecule has 1 aliphatic heterocycles. The van der Waals surface area contributed by atoms with Gasteiger partial charge in [-0.15, -0.1) is 0 Å². The number of thiazole rings is 1. The molecular weight excluding hydrogens is 348 g/mol. The molecule has 23 heavy (non-hydrogen) atoms. The zero-order valence-electron chi connectivity index (χ0n) is 11.2. The van der Waals surface area contributed by atoms with E-state index >= 15 is 0 Å². The van der Waals surface area contributed by atoms with Gasteiger partial charge in [0, 0.05) is 23.1 Å². The van der Waals surface area contributed by atoms with Crippen molar-refractivity contribution in [2.24, 2.45) is 0 Å². The molecule has 0 saturated heterocycles. The van der Waals surface area contributed by atoms with Crippen LogP contribution in [0.15, 0.2) is 41.0 Å². The van der Waals surface area contributed by atoms with E-state index in [0.29, 0.717) is 11.3 Å². The molecule has 0 aliphatic carbocycles. The fourth-order valence-corrected chi connectivity index (χ4v) is 3.36. The molecule has 1 aromatic carbocycles. The quantitative estimate of drug-likeness (QED) is 0.455. The lowest BCUT2D eigenvalue weighted by atomic mass is 10.1. The smallest absolute Gasteiger partial charge is 0.378 e. The van der Waals surface area contributed by atoms with Crippen LogP contribution < -0.4 is 4.18 Å². The molecule has 1 aromatic heterocycles. The maximum atomic E-state index is 11.9. The summed E-state index contributed by atoms with van der Waals surface area (Å²) in [7, 11) is -4.15. The van der Waals surface area contributed by atoms with E-state index < -0.39 is 20.1 Å². The van der Waals surface area contributed by atoms with Gasteiger partial charge in [-0.05, 0) is 0 Å². The Hall–Kier alpha value is -2.66. The van der Waals surface area contributed by atoms with Crippen LogP contribution in [-0.2, 0) is 19.6 Å². The van der Waals surface area contributed by atoms with Crippen molar-refractivity contribution in [3.05, 3.63) is 51.1 Å². The van der Waals surface area contributed by atoms with Gasteiger partial charge in [-0.25, -0.2) is 4.98 Å². The summed E-state index contributed by atoms with van der Waals surface area (Å²) in [5.74, 6) is 0. The second-order valence-electron chi connectivity index (χ2n) is 4.21. The Morgan fingerprint density at radius 2 is 2.22 bits per heavy atom. The van der Waals surface area contributed by atoms with Gasteiger partial charge in [-0.2, -0.15) is 8.42 Å². The van der Waals surface area contributed by atoms with Gasteiger partial charge in [0.25, 0.3) is 16.0 Å². The summed E-state index contributed by atoms with van der Waals surface area (Å²) < 4.78 is 38.0. The number of non-ortho nitro benzene ring substituents is 1. The summed E-state index contributed by atoms with van der Waals surface area (Å²) in [6.45, 7) is -0.200. The molecule has 0 amide bonds. The molecule has 0 spiro atoms. The standard InChI is InChI=1S/C12H8N2O7S2/c15-14(16)9-3-1-2-8(4-9)10-6-22-12(13-10)21-23(17,18)11-5-19-7-20-11/h1-6H,7H2. The van der Waals surface area contributed by atoms with Crippen LogP contribution in [0.5, 0.6) is 5.19 Å². The summed E-state index contributed by atoms with van der Waals surface area (Å²) in [5.41, 5.74) is 0.746. The molecule has 3 rings (SSSR count). The topological polar surface area (TPSA) is 118 Å². The van der Waals surface area contributed by atoms with E-state index in [1.54, 1.807) is 6.07 Å². The van der Waals surface area contributed by atoms with Gasteiger partial charge in [0.15, 0.2) is 0 Å². The van der Waals surface area contributed by atoms with Crippen LogP contribution in [0.25, 0.3) is 11.3 Å². The average Bonchev–Trinajstić information content (AvgIpc) is 3.18. The van der Waals surface area contributed by atoms with Crippen molar-refractivity contribution in [1.82, 2.24) is 4.98 Å². The van der Waals surface area contributed by atoms with Crippen LogP contribution in [0.4, 0.5) is 5.69 Å². The van der Waals surface area contributed by atoms with E-state index in [0.717, 1.165) is 17.6 Å². The van der Waals surface area contributed by atoms with E-state index in [9.17, 15) is 18.5 Å². The van der Waals surface area contributed by atoms with Crippen LogP contribution in [0, 0.1) is 10.1 Å². The predicted molar refractivity (Wildman–Crippen MR) is 78.9 cm³/mol. The highest BCUT2D eigenvalue weighted by Gasteiger charge is 2.27. The van der Waals surface area contributed by atoms with E-state index in [2.05, 4.69) is 9.72 Å². The number of hydrogen-bond acceptors (Lipinski definition) is 9. The third kappa shape index (κ3) is 3.24. The minimum atomic E-state index is -4.15. The lowest BCUT2D eigenvalue weighted by molar-refractivity contribution is -0.384. The SMILES string of the molecule is O=[N+]([O-])c1cccc(-c2csc(OS(=O)(=O)C3=COCO3)n2)c1. The largest absolute Gasteiger partial charge is 0.460 e. The van der Waals surface area contributed by atoms with Crippen LogP contribution in [0.2, 0.25) is 0 Å². The molecule has 2 heterocycles. The fourth-order valence-electron chi connectivity index (χ4n) is 1.70. The summed E-state index contributed by atoms with van der Waals surface area (Å²) >= 11 is 0.938. The summed E-state index contributed by atoms with van der Waals surface area (Å²) in [6, 6.07) is 5.82. The Balaban J connectivity index is 1.83. The maximum Gasteiger partial charge on any atom is 0.378 e. The molecule has 0 bridgehead atoms. The van der Waals surface area contributed by atoms with Gasteiger partial charge in [-0.1, -0.05) is 23.5 Å². The first-order chi connectivity index (χ1) is 11.0. The highest BCUT2D eigenvalue weighted by Crippen LogP contribution is 2.30. The molecule has 0 saturated carbocycles. The molecule has 120 valence electrons. The highest BCUT2D eigenvalue weighted by molar-refractivity contribution is 7.90. The molecule has 9 nitrogen and oxygen atoms in total. The van der Waals surface area contributed by atoms with E-state index in [1.807, 2.05) is 0 Å². The third-order valence-electron chi connectivity index (χ3n) is 2.71. The van der Waals surface area contributed by atoms with E-state index in [-0.39, 0.29) is 17.7 Å². The summed E-state index contributed by atoms with van der Waals surface area (Å²) in [4.78, 5) is 14.3. The Kier molecular flexibility index (Phi) is 3.88. The molecule has 0 radical (unpaired) electrons. The van der Waals surface area contributed by atoms with Crippen molar-refractivity contribution in [3.8, 4) is 16.5 Å². The first-order valence-electron chi connectivity index (χ1n) is 6.05. The minimum absolute atomic E-state index is 0.0905. The Morgan fingerprint density at radius 3 is 2.91 bits per heavy atom. The molecule has 1 aliphatic rings. The van der Waals surface area contributed by atoms with Crippen LogP contribution in [0.1, 0.15) is 0 Å². The lowest BCUT2D eigenvalue weighted by Gasteiger charge is -2.02. The Bertz CT molecular complexity index is 888. The number of ether oxygens (including phenoxy) is 2. The zero-order valence-corrected chi connectivity index (χ0v) is 12.9. The Labute approximate surface area is 134 Å². The number of aromatic nitrogens is 1. The van der Waals surface area contributed by atoms with Crippen molar-refractivity contribution in [2.45, 2.75) is 0 Å². The monoisotopic (exact) mass is 356 g/mol.